The molecule has 0 saturated carbocycles. The molecule has 0 fully saturated rings. The number of nitrogen functional groups attached to an aromatic ring is 1. The standard InChI is InChI=1S/C28H23F2N7O2/c1-15(27-36-19-11-7-6-10-17(19)28(38)37(27)16-8-4-3-5-9-16)35-26-21(25(32)33-14-34-26)24(31)18-12-13-20(39-2)23(30)22(18)29/h3-15,31H,1-2H3,(H3,32,33,34,35)/t15-/m1/s1. The molecule has 5 aromatic rings. The summed E-state index contributed by atoms with van der Waals surface area (Å²) in [6, 6.07) is 17.8. The molecule has 0 amide bonds. The van der Waals surface area contributed by atoms with Gasteiger partial charge in [0.25, 0.3) is 5.56 Å². The number of hydrogen-bond donors (Lipinski definition) is 3. The number of ether oxygens (including phenoxy) is 1. The van der Waals surface area contributed by atoms with Crippen LogP contribution in [0.5, 0.6) is 5.75 Å². The summed E-state index contributed by atoms with van der Waals surface area (Å²) in [4.78, 5) is 26.5. The first-order chi connectivity index (χ1) is 18.8. The number of para-hydroxylation sites is 2. The predicted molar refractivity (Wildman–Crippen MR) is 145 cm³/mol. The average Bonchev–Trinajstić information content (AvgIpc) is 2.94. The highest BCUT2D eigenvalue weighted by Crippen LogP contribution is 2.29. The van der Waals surface area contributed by atoms with Crippen LogP contribution in [-0.2, 0) is 0 Å². The molecule has 9 nitrogen and oxygen atoms in total. The summed E-state index contributed by atoms with van der Waals surface area (Å²) in [6.07, 6.45) is 1.18. The van der Waals surface area contributed by atoms with Crippen LogP contribution in [0.15, 0.2) is 77.9 Å². The van der Waals surface area contributed by atoms with Crippen LogP contribution in [0.25, 0.3) is 16.6 Å². The van der Waals surface area contributed by atoms with Crippen molar-refractivity contribution in [2.45, 2.75) is 13.0 Å². The van der Waals surface area contributed by atoms with E-state index in [1.165, 1.54) is 30.1 Å². The zero-order valence-corrected chi connectivity index (χ0v) is 20.9. The third-order valence-corrected chi connectivity index (χ3v) is 6.22. The van der Waals surface area contributed by atoms with Crippen molar-refractivity contribution in [3.63, 3.8) is 0 Å². The van der Waals surface area contributed by atoms with Gasteiger partial charge in [-0.2, -0.15) is 4.39 Å². The molecule has 0 aliphatic heterocycles. The summed E-state index contributed by atoms with van der Waals surface area (Å²) in [5.41, 5.74) is 6.11. The van der Waals surface area contributed by atoms with E-state index in [1.807, 2.05) is 18.2 Å². The van der Waals surface area contributed by atoms with Gasteiger partial charge in [0.05, 0.1) is 41.0 Å². The molecular weight excluding hydrogens is 504 g/mol. The maximum Gasteiger partial charge on any atom is 0.266 e. The van der Waals surface area contributed by atoms with Crippen LogP contribution in [0.3, 0.4) is 0 Å². The molecule has 196 valence electrons. The zero-order chi connectivity index (χ0) is 27.7. The van der Waals surface area contributed by atoms with Crippen LogP contribution in [-0.4, -0.2) is 32.3 Å². The van der Waals surface area contributed by atoms with Crippen molar-refractivity contribution in [3.8, 4) is 11.4 Å². The first-order valence-electron chi connectivity index (χ1n) is 11.9. The third kappa shape index (κ3) is 4.54. The Morgan fingerprint density at radius 1 is 1.03 bits per heavy atom. The van der Waals surface area contributed by atoms with E-state index in [0.29, 0.717) is 22.4 Å². The fourth-order valence-corrected chi connectivity index (χ4v) is 4.31. The Hall–Kier alpha value is -5.19. The average molecular weight is 528 g/mol. The third-order valence-electron chi connectivity index (χ3n) is 6.22. The molecule has 0 radical (unpaired) electrons. The molecule has 4 N–H and O–H groups in total. The number of rotatable bonds is 7. The second-order valence-electron chi connectivity index (χ2n) is 8.63. The van der Waals surface area contributed by atoms with Crippen molar-refractivity contribution in [1.29, 1.82) is 5.41 Å². The maximum atomic E-state index is 14.9. The van der Waals surface area contributed by atoms with E-state index < -0.39 is 23.4 Å². The molecule has 2 heterocycles. The number of anilines is 2. The normalized spacial score (nSPS) is 11.8. The lowest BCUT2D eigenvalue weighted by atomic mass is 10.0. The van der Waals surface area contributed by atoms with E-state index in [0.717, 1.165) is 0 Å². The Kier molecular flexibility index (Phi) is 6.72. The van der Waals surface area contributed by atoms with Gasteiger partial charge in [-0.1, -0.05) is 30.3 Å². The molecule has 0 unspecified atom stereocenters. The molecule has 3 aromatic carbocycles. The molecular formula is C28H23F2N7O2. The number of nitrogens with zero attached hydrogens (tertiary/aromatic N) is 4. The van der Waals surface area contributed by atoms with Gasteiger partial charge >= 0.3 is 0 Å². The molecule has 1 atom stereocenters. The van der Waals surface area contributed by atoms with E-state index in [9.17, 15) is 13.6 Å². The number of benzene rings is 3. The number of aromatic nitrogens is 4. The van der Waals surface area contributed by atoms with Crippen LogP contribution >= 0.6 is 0 Å². The number of fused-ring (bicyclic) bond motifs is 1. The van der Waals surface area contributed by atoms with E-state index in [1.54, 1.807) is 43.3 Å². The maximum absolute atomic E-state index is 14.9. The fourth-order valence-electron chi connectivity index (χ4n) is 4.31. The number of methoxy groups -OCH3 is 1. The zero-order valence-electron chi connectivity index (χ0n) is 20.9. The second-order valence-corrected chi connectivity index (χ2v) is 8.63. The van der Waals surface area contributed by atoms with Crippen LogP contribution in [0.2, 0.25) is 0 Å². The Balaban J connectivity index is 1.62. The topological polar surface area (TPSA) is 132 Å². The van der Waals surface area contributed by atoms with Crippen molar-refractivity contribution in [2.24, 2.45) is 0 Å². The Morgan fingerprint density at radius 3 is 2.49 bits per heavy atom. The number of hydrogen-bond acceptors (Lipinski definition) is 8. The quantitative estimate of drug-likeness (QED) is 0.263. The molecule has 0 aliphatic rings. The van der Waals surface area contributed by atoms with Gasteiger partial charge in [-0.05, 0) is 43.3 Å². The molecule has 39 heavy (non-hydrogen) atoms. The van der Waals surface area contributed by atoms with Gasteiger partial charge < -0.3 is 15.8 Å². The summed E-state index contributed by atoms with van der Waals surface area (Å²) in [5, 5.41) is 12.3. The van der Waals surface area contributed by atoms with Gasteiger partial charge in [-0.25, -0.2) is 19.3 Å². The summed E-state index contributed by atoms with van der Waals surface area (Å²) in [5.74, 6) is -2.47. The van der Waals surface area contributed by atoms with Crippen LogP contribution in [0.1, 0.15) is 29.9 Å². The lowest BCUT2D eigenvalue weighted by Crippen LogP contribution is -2.28. The predicted octanol–water partition coefficient (Wildman–Crippen LogP) is 4.63. The van der Waals surface area contributed by atoms with Crippen LogP contribution < -0.4 is 21.3 Å². The SMILES string of the molecule is COc1ccc(C(=N)c2c(N)ncnc2N[C@H](C)c2nc3ccccc3c(=O)n2-c2ccccc2)c(F)c1F. The van der Waals surface area contributed by atoms with Crippen molar-refractivity contribution in [3.05, 3.63) is 112 Å². The first-order valence-corrected chi connectivity index (χ1v) is 11.9. The summed E-state index contributed by atoms with van der Waals surface area (Å²) < 4.78 is 35.6. The highest BCUT2D eigenvalue weighted by atomic mass is 19.2. The second kappa shape index (κ2) is 10.3. The van der Waals surface area contributed by atoms with Gasteiger partial charge in [0.15, 0.2) is 11.6 Å². The summed E-state index contributed by atoms with van der Waals surface area (Å²) in [6.45, 7) is 1.76. The number of halogens is 2. The minimum atomic E-state index is -1.27. The molecule has 0 saturated heterocycles. The Morgan fingerprint density at radius 2 is 1.74 bits per heavy atom. The largest absolute Gasteiger partial charge is 0.494 e. The van der Waals surface area contributed by atoms with Crippen molar-refractivity contribution < 1.29 is 13.5 Å². The fraction of sp³-hybridized carbons (Fsp3) is 0.107. The Labute approximate surface area is 221 Å². The highest BCUT2D eigenvalue weighted by Gasteiger charge is 2.25. The first kappa shape index (κ1) is 25.5. The van der Waals surface area contributed by atoms with Crippen LogP contribution in [0.4, 0.5) is 20.4 Å². The molecule has 11 heteroatoms. The number of nitrogens with two attached hydrogens (primary N) is 1. The van der Waals surface area contributed by atoms with E-state index >= 15 is 0 Å². The number of nitrogens with one attached hydrogen (secondary N) is 2. The van der Waals surface area contributed by atoms with Crippen LogP contribution in [0, 0.1) is 17.0 Å². The van der Waals surface area contributed by atoms with E-state index in [4.69, 9.17) is 20.9 Å². The van der Waals surface area contributed by atoms with Crippen molar-refractivity contribution in [2.75, 3.05) is 18.2 Å². The van der Waals surface area contributed by atoms with Gasteiger partial charge in [-0.3, -0.25) is 14.8 Å². The highest BCUT2D eigenvalue weighted by molar-refractivity contribution is 6.16. The Bertz CT molecular complexity index is 1770. The van der Waals surface area contributed by atoms with Crippen molar-refractivity contribution >= 4 is 28.3 Å². The molecule has 0 bridgehead atoms. The summed E-state index contributed by atoms with van der Waals surface area (Å²) in [7, 11) is 1.21. The van der Waals surface area contributed by atoms with Gasteiger partial charge in [-0.15, -0.1) is 0 Å². The molecule has 0 aliphatic carbocycles. The summed E-state index contributed by atoms with van der Waals surface area (Å²) >= 11 is 0. The van der Waals surface area contributed by atoms with Crippen molar-refractivity contribution in [1.82, 2.24) is 19.5 Å². The minimum Gasteiger partial charge on any atom is -0.494 e. The van der Waals surface area contributed by atoms with Gasteiger partial charge in [0, 0.05) is 5.56 Å². The molecule has 2 aromatic heterocycles. The molecule has 5 rings (SSSR count). The lowest BCUT2D eigenvalue weighted by Gasteiger charge is -2.22. The molecule has 0 spiro atoms. The minimum absolute atomic E-state index is 0.0396. The van der Waals surface area contributed by atoms with E-state index in [-0.39, 0.29) is 34.1 Å². The van der Waals surface area contributed by atoms with E-state index in [2.05, 4.69) is 15.3 Å². The van der Waals surface area contributed by atoms with Gasteiger partial charge in [0.1, 0.15) is 23.8 Å². The lowest BCUT2D eigenvalue weighted by molar-refractivity contribution is 0.371. The van der Waals surface area contributed by atoms with Gasteiger partial charge in [0.2, 0.25) is 5.82 Å². The smallest absolute Gasteiger partial charge is 0.266 e. The monoisotopic (exact) mass is 527 g/mol.